The molecule has 1 aromatic carbocycles. The maximum absolute atomic E-state index is 13.4. The number of anilines is 1. The van der Waals surface area contributed by atoms with Crippen molar-refractivity contribution in [2.45, 2.75) is 12.5 Å². The summed E-state index contributed by atoms with van der Waals surface area (Å²) in [6, 6.07) is 2.23. The smallest absolute Gasteiger partial charge is 0.146 e. The Morgan fingerprint density at radius 2 is 2.07 bits per heavy atom. The van der Waals surface area contributed by atoms with Crippen LogP contribution in [0.25, 0.3) is 0 Å². The minimum atomic E-state index is -0.388. The molecule has 1 aliphatic heterocycles. The van der Waals surface area contributed by atoms with Crippen molar-refractivity contribution in [2.24, 2.45) is 0 Å². The minimum absolute atomic E-state index is 0.0954. The van der Waals surface area contributed by atoms with E-state index in [1.807, 2.05) is 0 Å². The summed E-state index contributed by atoms with van der Waals surface area (Å²) in [5, 5.41) is 5.86. The summed E-state index contributed by atoms with van der Waals surface area (Å²) in [6.45, 7) is 0.666. The molecule has 0 amide bonds. The van der Waals surface area contributed by atoms with Crippen LogP contribution in [0.1, 0.15) is 18.0 Å². The lowest BCUT2D eigenvalue weighted by Crippen LogP contribution is -2.27. The van der Waals surface area contributed by atoms with Gasteiger partial charge in [-0.05, 0) is 25.6 Å². The van der Waals surface area contributed by atoms with Gasteiger partial charge in [0.25, 0.3) is 0 Å². The molecule has 14 heavy (non-hydrogen) atoms. The molecule has 1 unspecified atom stereocenters. The summed E-state index contributed by atoms with van der Waals surface area (Å²) in [5.74, 6) is -0.741. The average molecular weight is 198 g/mol. The maximum atomic E-state index is 13.4. The predicted octanol–water partition coefficient (Wildman–Crippen LogP) is 2.04. The molecule has 0 bridgehead atoms. The number of halogens is 2. The first-order valence-corrected chi connectivity index (χ1v) is 4.63. The van der Waals surface area contributed by atoms with Gasteiger partial charge in [-0.1, -0.05) is 0 Å². The zero-order valence-corrected chi connectivity index (χ0v) is 7.90. The zero-order chi connectivity index (χ0) is 10.1. The molecule has 4 heteroatoms. The van der Waals surface area contributed by atoms with Crippen LogP contribution in [0.2, 0.25) is 0 Å². The van der Waals surface area contributed by atoms with Crippen LogP contribution in [0.3, 0.4) is 0 Å². The van der Waals surface area contributed by atoms with E-state index >= 15 is 0 Å². The van der Waals surface area contributed by atoms with E-state index in [1.54, 1.807) is 7.05 Å². The molecule has 1 aliphatic rings. The second kappa shape index (κ2) is 3.53. The third kappa shape index (κ3) is 1.35. The molecule has 0 aromatic heterocycles. The number of rotatable bonds is 1. The fourth-order valence-electron chi connectivity index (χ4n) is 1.86. The van der Waals surface area contributed by atoms with Gasteiger partial charge in [-0.3, -0.25) is 0 Å². The lowest BCUT2D eigenvalue weighted by Gasteiger charge is -2.26. The van der Waals surface area contributed by atoms with Gasteiger partial charge in [0.1, 0.15) is 11.6 Å². The molecular formula is C10H12F2N2. The van der Waals surface area contributed by atoms with E-state index in [1.165, 1.54) is 6.07 Å². The van der Waals surface area contributed by atoms with Crippen molar-refractivity contribution in [1.82, 2.24) is 5.32 Å². The first-order valence-electron chi connectivity index (χ1n) is 4.63. The first-order chi connectivity index (χ1) is 6.74. The number of hydrogen-bond acceptors (Lipinski definition) is 2. The topological polar surface area (TPSA) is 24.1 Å². The van der Waals surface area contributed by atoms with Crippen molar-refractivity contribution in [3.05, 3.63) is 29.3 Å². The van der Waals surface area contributed by atoms with E-state index in [2.05, 4.69) is 10.6 Å². The molecular weight excluding hydrogens is 186 g/mol. The number of nitrogens with one attached hydrogen (secondary N) is 2. The monoisotopic (exact) mass is 198 g/mol. The van der Waals surface area contributed by atoms with Crippen LogP contribution in [-0.4, -0.2) is 13.6 Å². The standard InChI is InChI=1S/C10H12F2N2/c1-13-8-4-5-14-10-7(12)3-2-6(11)9(8)10/h2-3,8,13-14H,4-5H2,1H3. The van der Waals surface area contributed by atoms with Crippen LogP contribution in [0.5, 0.6) is 0 Å². The molecule has 2 nitrogen and oxygen atoms in total. The molecule has 76 valence electrons. The van der Waals surface area contributed by atoms with Gasteiger partial charge in [0.2, 0.25) is 0 Å². The van der Waals surface area contributed by atoms with E-state index in [0.29, 0.717) is 17.8 Å². The minimum Gasteiger partial charge on any atom is -0.382 e. The Morgan fingerprint density at radius 3 is 2.79 bits per heavy atom. The quantitative estimate of drug-likeness (QED) is 0.721. The molecule has 2 N–H and O–H groups in total. The summed E-state index contributed by atoms with van der Waals surface area (Å²) < 4.78 is 26.7. The molecule has 0 aliphatic carbocycles. The van der Waals surface area contributed by atoms with Crippen molar-refractivity contribution >= 4 is 5.69 Å². The van der Waals surface area contributed by atoms with Crippen molar-refractivity contribution in [2.75, 3.05) is 18.9 Å². The maximum Gasteiger partial charge on any atom is 0.146 e. The number of fused-ring (bicyclic) bond motifs is 1. The zero-order valence-electron chi connectivity index (χ0n) is 7.90. The van der Waals surface area contributed by atoms with Gasteiger partial charge < -0.3 is 10.6 Å². The molecule has 2 rings (SSSR count). The van der Waals surface area contributed by atoms with E-state index in [0.717, 1.165) is 12.5 Å². The first kappa shape index (κ1) is 9.40. The van der Waals surface area contributed by atoms with Crippen LogP contribution in [0.4, 0.5) is 14.5 Å². The third-order valence-electron chi connectivity index (χ3n) is 2.57. The van der Waals surface area contributed by atoms with Crippen LogP contribution < -0.4 is 10.6 Å². The Morgan fingerprint density at radius 1 is 1.36 bits per heavy atom. The highest BCUT2D eigenvalue weighted by atomic mass is 19.1. The van der Waals surface area contributed by atoms with Crippen molar-refractivity contribution < 1.29 is 8.78 Å². The molecule has 0 saturated heterocycles. The number of benzene rings is 1. The lowest BCUT2D eigenvalue weighted by molar-refractivity contribution is 0.497. The van der Waals surface area contributed by atoms with Gasteiger partial charge in [0.05, 0.1) is 5.69 Å². The molecule has 1 atom stereocenters. The van der Waals surface area contributed by atoms with E-state index in [9.17, 15) is 8.78 Å². The summed E-state index contributed by atoms with van der Waals surface area (Å²) in [7, 11) is 1.75. The van der Waals surface area contributed by atoms with Crippen molar-refractivity contribution in [3.63, 3.8) is 0 Å². The fraction of sp³-hybridized carbons (Fsp3) is 0.400. The number of hydrogen-bond donors (Lipinski definition) is 2. The van der Waals surface area contributed by atoms with Crippen LogP contribution >= 0.6 is 0 Å². The van der Waals surface area contributed by atoms with E-state index < -0.39 is 0 Å². The van der Waals surface area contributed by atoms with Crippen LogP contribution in [-0.2, 0) is 0 Å². The van der Waals surface area contributed by atoms with Crippen molar-refractivity contribution in [1.29, 1.82) is 0 Å². The Bertz CT molecular complexity index is 352. The average Bonchev–Trinajstić information content (AvgIpc) is 2.23. The van der Waals surface area contributed by atoms with Crippen molar-refractivity contribution in [3.8, 4) is 0 Å². The normalized spacial score (nSPS) is 20.1. The summed E-state index contributed by atoms with van der Waals surface area (Å²) >= 11 is 0. The van der Waals surface area contributed by atoms with Gasteiger partial charge in [0, 0.05) is 18.2 Å². The van der Waals surface area contributed by atoms with Gasteiger partial charge in [-0.15, -0.1) is 0 Å². The van der Waals surface area contributed by atoms with E-state index in [-0.39, 0.29) is 17.7 Å². The van der Waals surface area contributed by atoms with E-state index in [4.69, 9.17) is 0 Å². The molecule has 0 fully saturated rings. The van der Waals surface area contributed by atoms with Crippen LogP contribution in [0, 0.1) is 11.6 Å². The molecule has 0 radical (unpaired) electrons. The molecule has 1 heterocycles. The Kier molecular flexibility index (Phi) is 2.37. The highest BCUT2D eigenvalue weighted by Gasteiger charge is 2.24. The highest BCUT2D eigenvalue weighted by Crippen LogP contribution is 2.33. The molecule has 0 spiro atoms. The molecule has 0 saturated carbocycles. The predicted molar refractivity (Wildman–Crippen MR) is 51.3 cm³/mol. The Balaban J connectivity index is 2.55. The third-order valence-corrected chi connectivity index (χ3v) is 2.57. The SMILES string of the molecule is CNC1CCNc2c(F)ccc(F)c21. The fourth-order valence-corrected chi connectivity index (χ4v) is 1.86. The second-order valence-corrected chi connectivity index (χ2v) is 3.37. The van der Waals surface area contributed by atoms with Gasteiger partial charge >= 0.3 is 0 Å². The molecule has 1 aromatic rings. The second-order valence-electron chi connectivity index (χ2n) is 3.37. The summed E-state index contributed by atoms with van der Waals surface area (Å²) in [4.78, 5) is 0. The summed E-state index contributed by atoms with van der Waals surface area (Å²) in [6.07, 6.45) is 0.768. The Labute approximate surface area is 81.3 Å². The summed E-state index contributed by atoms with van der Waals surface area (Å²) in [5.41, 5.74) is 0.717. The van der Waals surface area contributed by atoms with Gasteiger partial charge in [-0.25, -0.2) is 8.78 Å². The largest absolute Gasteiger partial charge is 0.382 e. The Hall–Kier alpha value is -1.16. The lowest BCUT2D eigenvalue weighted by atomic mass is 9.97. The van der Waals surface area contributed by atoms with Crippen LogP contribution in [0.15, 0.2) is 12.1 Å². The van der Waals surface area contributed by atoms with Gasteiger partial charge in [-0.2, -0.15) is 0 Å². The van der Waals surface area contributed by atoms with Gasteiger partial charge in [0.15, 0.2) is 0 Å². The highest BCUT2D eigenvalue weighted by molar-refractivity contribution is 5.56.